The van der Waals surface area contributed by atoms with Crippen molar-refractivity contribution in [3.05, 3.63) is 87.8 Å². The van der Waals surface area contributed by atoms with E-state index in [2.05, 4.69) is 4.90 Å². The van der Waals surface area contributed by atoms with Crippen molar-refractivity contribution in [1.82, 2.24) is 9.47 Å². The van der Waals surface area contributed by atoms with Crippen molar-refractivity contribution in [3.63, 3.8) is 0 Å². The topological polar surface area (TPSA) is 43.7 Å². The molecule has 156 valence electrons. The number of halogens is 1. The minimum absolute atomic E-state index is 0.102. The molecule has 0 radical (unpaired) electrons. The molecule has 0 bridgehead atoms. The van der Waals surface area contributed by atoms with Crippen LogP contribution < -0.4 is 15.0 Å². The average Bonchev–Trinajstić information content (AvgIpc) is 3.28. The number of rotatable bonds is 8. The lowest BCUT2D eigenvalue weighted by molar-refractivity contribution is 0.238. The molecule has 5 nitrogen and oxygen atoms in total. The maximum Gasteiger partial charge on any atom is 0.255 e. The second-order valence-corrected chi connectivity index (χ2v) is 7.81. The van der Waals surface area contributed by atoms with Crippen molar-refractivity contribution >= 4 is 11.6 Å². The number of likely N-dealkylation sites (tertiary alicyclic amines) is 1. The van der Waals surface area contributed by atoms with Crippen molar-refractivity contribution < 1.29 is 9.47 Å². The summed E-state index contributed by atoms with van der Waals surface area (Å²) in [5.74, 6) is 1.53. The fraction of sp³-hybridized carbons (Fsp3) is 0.292. The summed E-state index contributed by atoms with van der Waals surface area (Å²) < 4.78 is 13.2. The fourth-order valence-corrected chi connectivity index (χ4v) is 3.65. The van der Waals surface area contributed by atoms with Gasteiger partial charge in [-0.25, -0.2) is 0 Å². The van der Waals surface area contributed by atoms with Gasteiger partial charge >= 0.3 is 0 Å². The second kappa shape index (κ2) is 9.83. The van der Waals surface area contributed by atoms with Crippen LogP contribution in [0.5, 0.6) is 11.5 Å². The van der Waals surface area contributed by atoms with E-state index >= 15 is 0 Å². The number of hydrogen-bond donors (Lipinski definition) is 0. The third kappa shape index (κ3) is 5.43. The van der Waals surface area contributed by atoms with Crippen LogP contribution in [0.15, 0.2) is 71.7 Å². The molecule has 0 atom stereocenters. The van der Waals surface area contributed by atoms with E-state index in [0.717, 1.165) is 23.5 Å². The van der Waals surface area contributed by atoms with Crippen molar-refractivity contribution in [1.29, 1.82) is 0 Å². The highest BCUT2D eigenvalue weighted by molar-refractivity contribution is 6.30. The van der Waals surface area contributed by atoms with Crippen LogP contribution in [0.2, 0.25) is 5.02 Å². The van der Waals surface area contributed by atoms with E-state index in [0.29, 0.717) is 24.0 Å². The zero-order valence-electron chi connectivity index (χ0n) is 16.8. The van der Waals surface area contributed by atoms with E-state index in [1.807, 2.05) is 30.3 Å². The summed E-state index contributed by atoms with van der Waals surface area (Å²) >= 11 is 5.88. The maximum absolute atomic E-state index is 12.6. The first-order chi connectivity index (χ1) is 14.7. The number of nitrogens with zero attached hydrogens (tertiary/aromatic N) is 2. The van der Waals surface area contributed by atoms with Gasteiger partial charge in [0.2, 0.25) is 0 Å². The van der Waals surface area contributed by atoms with Crippen LogP contribution in [0.1, 0.15) is 18.4 Å². The summed E-state index contributed by atoms with van der Waals surface area (Å²) in [7, 11) is 0. The average molecular weight is 425 g/mol. The van der Waals surface area contributed by atoms with Gasteiger partial charge in [-0.05, 0) is 86.1 Å². The molecule has 0 unspecified atom stereocenters. The molecule has 0 saturated carbocycles. The summed E-state index contributed by atoms with van der Waals surface area (Å²) in [5.41, 5.74) is 1.51. The Morgan fingerprint density at radius 2 is 1.53 bits per heavy atom. The summed E-state index contributed by atoms with van der Waals surface area (Å²) in [4.78, 5) is 15.0. The quantitative estimate of drug-likeness (QED) is 0.532. The Morgan fingerprint density at radius 1 is 0.867 bits per heavy atom. The van der Waals surface area contributed by atoms with Crippen LogP contribution in [0.3, 0.4) is 0 Å². The molecule has 2 aromatic carbocycles. The van der Waals surface area contributed by atoms with E-state index in [1.54, 1.807) is 41.1 Å². The van der Waals surface area contributed by atoms with Gasteiger partial charge in [-0.1, -0.05) is 11.6 Å². The molecule has 2 heterocycles. The fourth-order valence-electron chi connectivity index (χ4n) is 3.52. The standard InChI is InChI=1S/C24H25ClN2O3/c25-20-3-7-23(8-4-20)30-18-19-11-14-27(24(28)17-19)21-5-9-22(10-6-21)29-16-15-26-12-1-2-13-26/h3-11,14,17H,1-2,12-13,15-16,18H2. The van der Waals surface area contributed by atoms with E-state index in [1.165, 1.54) is 25.9 Å². The molecule has 1 aliphatic heterocycles. The molecule has 1 fully saturated rings. The summed E-state index contributed by atoms with van der Waals surface area (Å²) in [5, 5.41) is 0.660. The molecule has 0 spiro atoms. The highest BCUT2D eigenvalue weighted by Gasteiger charge is 2.10. The van der Waals surface area contributed by atoms with Crippen LogP contribution in [0.4, 0.5) is 0 Å². The lowest BCUT2D eigenvalue weighted by Gasteiger charge is -2.15. The summed E-state index contributed by atoms with van der Waals surface area (Å²) in [6.07, 6.45) is 4.34. The van der Waals surface area contributed by atoms with E-state index in [-0.39, 0.29) is 5.56 Å². The molecule has 0 amide bonds. The minimum atomic E-state index is -0.102. The van der Waals surface area contributed by atoms with Gasteiger partial charge in [-0.3, -0.25) is 14.3 Å². The predicted molar refractivity (Wildman–Crippen MR) is 119 cm³/mol. The molecule has 3 aromatic rings. The molecule has 1 aliphatic rings. The summed E-state index contributed by atoms with van der Waals surface area (Å²) in [6.45, 7) is 4.31. The van der Waals surface area contributed by atoms with E-state index in [9.17, 15) is 4.79 Å². The smallest absolute Gasteiger partial charge is 0.255 e. The molecule has 30 heavy (non-hydrogen) atoms. The lowest BCUT2D eigenvalue weighted by Crippen LogP contribution is -2.25. The third-order valence-corrected chi connectivity index (χ3v) is 5.44. The van der Waals surface area contributed by atoms with Gasteiger partial charge in [0.15, 0.2) is 0 Å². The Bertz CT molecular complexity index is 1010. The highest BCUT2D eigenvalue weighted by Crippen LogP contribution is 2.18. The molecule has 0 aliphatic carbocycles. The highest BCUT2D eigenvalue weighted by atomic mass is 35.5. The van der Waals surface area contributed by atoms with Gasteiger partial charge < -0.3 is 9.47 Å². The van der Waals surface area contributed by atoms with Crippen LogP contribution in [0, 0.1) is 0 Å². The SMILES string of the molecule is O=c1cc(COc2ccc(Cl)cc2)ccn1-c1ccc(OCCN2CCCC2)cc1. The number of aromatic nitrogens is 1. The Morgan fingerprint density at radius 3 is 2.23 bits per heavy atom. The Kier molecular flexibility index (Phi) is 6.72. The Balaban J connectivity index is 1.34. The van der Waals surface area contributed by atoms with Gasteiger partial charge in [0.1, 0.15) is 24.7 Å². The first-order valence-electron chi connectivity index (χ1n) is 10.2. The molecule has 1 saturated heterocycles. The van der Waals surface area contributed by atoms with Crippen molar-refractivity contribution in [2.75, 3.05) is 26.2 Å². The van der Waals surface area contributed by atoms with Gasteiger partial charge in [-0.2, -0.15) is 0 Å². The number of ether oxygens (including phenoxy) is 2. The minimum Gasteiger partial charge on any atom is -0.492 e. The lowest BCUT2D eigenvalue weighted by atomic mass is 10.2. The van der Waals surface area contributed by atoms with Crippen LogP contribution >= 0.6 is 11.6 Å². The van der Waals surface area contributed by atoms with E-state index < -0.39 is 0 Å². The first-order valence-corrected chi connectivity index (χ1v) is 10.6. The molecule has 0 N–H and O–H groups in total. The third-order valence-electron chi connectivity index (χ3n) is 5.19. The molecular weight excluding hydrogens is 400 g/mol. The van der Waals surface area contributed by atoms with Crippen molar-refractivity contribution in [2.45, 2.75) is 19.4 Å². The molecule has 6 heteroatoms. The van der Waals surface area contributed by atoms with Crippen molar-refractivity contribution in [2.24, 2.45) is 0 Å². The molecule has 1 aromatic heterocycles. The Labute approximate surface area is 181 Å². The van der Waals surface area contributed by atoms with Gasteiger partial charge in [0.25, 0.3) is 5.56 Å². The van der Waals surface area contributed by atoms with Gasteiger partial charge in [-0.15, -0.1) is 0 Å². The molecule has 4 rings (SSSR count). The van der Waals surface area contributed by atoms with Crippen molar-refractivity contribution in [3.8, 4) is 17.2 Å². The Hall–Kier alpha value is -2.76. The second-order valence-electron chi connectivity index (χ2n) is 7.38. The normalized spacial score (nSPS) is 14.0. The largest absolute Gasteiger partial charge is 0.492 e. The van der Waals surface area contributed by atoms with Gasteiger partial charge in [0.05, 0.1) is 0 Å². The summed E-state index contributed by atoms with van der Waals surface area (Å²) in [6, 6.07) is 18.2. The van der Waals surface area contributed by atoms with Crippen LogP contribution in [-0.2, 0) is 6.61 Å². The first kappa shape index (κ1) is 20.5. The van der Waals surface area contributed by atoms with Gasteiger partial charge in [0, 0.05) is 29.5 Å². The number of pyridine rings is 1. The van der Waals surface area contributed by atoms with E-state index in [4.69, 9.17) is 21.1 Å². The predicted octanol–water partition coefficient (Wildman–Crippen LogP) is 4.54. The maximum atomic E-state index is 12.6. The number of benzene rings is 2. The zero-order chi connectivity index (χ0) is 20.8. The van der Waals surface area contributed by atoms with Crippen LogP contribution in [-0.4, -0.2) is 35.7 Å². The molecular formula is C24H25ClN2O3. The monoisotopic (exact) mass is 424 g/mol. The zero-order valence-corrected chi connectivity index (χ0v) is 17.6. The van der Waals surface area contributed by atoms with Crippen LogP contribution in [0.25, 0.3) is 5.69 Å². The number of hydrogen-bond acceptors (Lipinski definition) is 4.